The molecule has 6 heteroatoms. The van der Waals surface area contributed by atoms with Crippen molar-refractivity contribution in [2.45, 2.75) is 19.4 Å². The first-order chi connectivity index (χ1) is 16.1. The maximum absolute atomic E-state index is 13.3. The van der Waals surface area contributed by atoms with Crippen molar-refractivity contribution in [3.8, 4) is 5.75 Å². The van der Waals surface area contributed by atoms with E-state index in [9.17, 15) is 4.79 Å². The molecule has 5 nitrogen and oxygen atoms in total. The normalized spacial score (nSPS) is 15.5. The average Bonchev–Trinajstić information content (AvgIpc) is 3.29. The van der Waals surface area contributed by atoms with Crippen molar-refractivity contribution in [3.05, 3.63) is 107 Å². The van der Waals surface area contributed by atoms with Crippen LogP contribution in [0.25, 0.3) is 10.9 Å². The van der Waals surface area contributed by atoms with Crippen LogP contribution in [0.4, 0.5) is 0 Å². The van der Waals surface area contributed by atoms with E-state index >= 15 is 0 Å². The molecular formula is C27H22ClN3O2. The number of para-hydroxylation sites is 1. The number of aromatic nitrogens is 1. The molecule has 0 radical (unpaired) electrons. The van der Waals surface area contributed by atoms with Gasteiger partial charge in [0.2, 0.25) is 0 Å². The molecule has 3 aromatic carbocycles. The van der Waals surface area contributed by atoms with Crippen LogP contribution in [0.2, 0.25) is 5.02 Å². The van der Waals surface area contributed by atoms with Crippen molar-refractivity contribution in [2.24, 2.45) is 5.10 Å². The minimum atomic E-state index is -0.211. The highest BCUT2D eigenvalue weighted by Gasteiger charge is 2.33. The predicted octanol–water partition coefficient (Wildman–Crippen LogP) is 5.95. The number of carbonyl (C=O) groups is 1. The Kier molecular flexibility index (Phi) is 5.80. The minimum Gasteiger partial charge on any atom is -0.481 e. The van der Waals surface area contributed by atoms with Gasteiger partial charge in [0.15, 0.2) is 6.61 Å². The summed E-state index contributed by atoms with van der Waals surface area (Å²) in [6, 6.07) is 25.1. The topological polar surface area (TPSA) is 54.8 Å². The standard InChI is InChI=1S/C27H22ClN3O2/c1-18-7-9-20(10-8-18)24-16-23(19-11-13-22(28)14-12-19)30-31(24)26(32)17-33-25-6-2-4-21-5-3-15-29-27(21)25/h2-15,24H,16-17H2,1H3. The van der Waals surface area contributed by atoms with E-state index in [-0.39, 0.29) is 18.6 Å². The summed E-state index contributed by atoms with van der Waals surface area (Å²) in [5, 5.41) is 7.88. The van der Waals surface area contributed by atoms with Gasteiger partial charge in [-0.05, 0) is 42.3 Å². The fraction of sp³-hybridized carbons (Fsp3) is 0.148. The molecule has 1 unspecified atom stereocenters. The molecule has 1 amide bonds. The molecule has 0 bridgehead atoms. The lowest BCUT2D eigenvalue weighted by atomic mass is 9.98. The number of benzene rings is 3. The third-order valence-electron chi connectivity index (χ3n) is 5.75. The van der Waals surface area contributed by atoms with Gasteiger partial charge in [0.05, 0.1) is 11.8 Å². The SMILES string of the molecule is Cc1ccc(C2CC(c3ccc(Cl)cc3)=NN2C(=O)COc2cccc3cccnc23)cc1. The molecule has 5 rings (SSSR count). The molecular weight excluding hydrogens is 434 g/mol. The Morgan fingerprint density at radius 1 is 1.03 bits per heavy atom. The summed E-state index contributed by atoms with van der Waals surface area (Å²) in [5.41, 5.74) is 4.73. The fourth-order valence-electron chi connectivity index (χ4n) is 4.00. The van der Waals surface area contributed by atoms with Crippen LogP contribution in [0.1, 0.15) is 29.2 Å². The van der Waals surface area contributed by atoms with Crippen LogP contribution < -0.4 is 4.74 Å². The van der Waals surface area contributed by atoms with Crippen molar-refractivity contribution in [1.29, 1.82) is 0 Å². The maximum atomic E-state index is 13.3. The predicted molar refractivity (Wildman–Crippen MR) is 131 cm³/mol. The molecule has 0 saturated carbocycles. The Morgan fingerprint density at radius 2 is 1.79 bits per heavy atom. The highest BCUT2D eigenvalue weighted by Crippen LogP contribution is 2.33. The minimum absolute atomic E-state index is 0.130. The monoisotopic (exact) mass is 455 g/mol. The van der Waals surface area contributed by atoms with Gasteiger partial charge in [-0.3, -0.25) is 9.78 Å². The summed E-state index contributed by atoms with van der Waals surface area (Å²) in [5.74, 6) is 0.368. The largest absolute Gasteiger partial charge is 0.481 e. The van der Waals surface area contributed by atoms with E-state index in [1.165, 1.54) is 5.56 Å². The number of pyridine rings is 1. The van der Waals surface area contributed by atoms with Gasteiger partial charge < -0.3 is 4.74 Å². The second-order valence-corrected chi connectivity index (χ2v) is 8.48. The molecule has 164 valence electrons. The molecule has 1 atom stereocenters. The smallest absolute Gasteiger partial charge is 0.281 e. The molecule has 33 heavy (non-hydrogen) atoms. The Hall–Kier alpha value is -3.70. The number of aryl methyl sites for hydroxylation is 1. The summed E-state index contributed by atoms with van der Waals surface area (Å²) in [6.45, 7) is 1.92. The second-order valence-electron chi connectivity index (χ2n) is 8.04. The molecule has 0 spiro atoms. The van der Waals surface area contributed by atoms with Crippen molar-refractivity contribution in [3.63, 3.8) is 0 Å². The Bertz CT molecular complexity index is 1330. The first-order valence-corrected chi connectivity index (χ1v) is 11.1. The second kappa shape index (κ2) is 9.04. The van der Waals surface area contributed by atoms with E-state index in [1.807, 2.05) is 61.5 Å². The lowest BCUT2D eigenvalue weighted by Crippen LogP contribution is -2.31. The van der Waals surface area contributed by atoms with Crippen LogP contribution in [0.5, 0.6) is 5.75 Å². The number of halogens is 1. The number of nitrogens with zero attached hydrogens (tertiary/aromatic N) is 3. The van der Waals surface area contributed by atoms with Gasteiger partial charge in [-0.15, -0.1) is 0 Å². The number of hydrogen-bond donors (Lipinski definition) is 0. The van der Waals surface area contributed by atoms with Gasteiger partial charge in [-0.25, -0.2) is 5.01 Å². The summed E-state index contributed by atoms with van der Waals surface area (Å²) in [4.78, 5) is 17.7. The molecule has 0 aliphatic carbocycles. The summed E-state index contributed by atoms with van der Waals surface area (Å²) in [7, 11) is 0. The van der Waals surface area contributed by atoms with Crippen LogP contribution in [-0.2, 0) is 4.79 Å². The molecule has 0 fully saturated rings. The van der Waals surface area contributed by atoms with Crippen LogP contribution in [0, 0.1) is 6.92 Å². The van der Waals surface area contributed by atoms with Crippen LogP contribution >= 0.6 is 11.6 Å². The number of hydrogen-bond acceptors (Lipinski definition) is 4. The van der Waals surface area contributed by atoms with E-state index < -0.39 is 0 Å². The van der Waals surface area contributed by atoms with Gasteiger partial charge in [0.1, 0.15) is 11.3 Å². The van der Waals surface area contributed by atoms with Crippen molar-refractivity contribution in [1.82, 2.24) is 9.99 Å². The first-order valence-electron chi connectivity index (χ1n) is 10.8. The van der Waals surface area contributed by atoms with Crippen LogP contribution in [0.3, 0.4) is 0 Å². The van der Waals surface area contributed by atoms with Crippen LogP contribution in [-0.4, -0.2) is 28.2 Å². The van der Waals surface area contributed by atoms with Crippen molar-refractivity contribution in [2.75, 3.05) is 6.61 Å². The number of amides is 1. The van der Waals surface area contributed by atoms with E-state index in [4.69, 9.17) is 21.4 Å². The highest BCUT2D eigenvalue weighted by molar-refractivity contribution is 6.30. The molecule has 0 saturated heterocycles. The van der Waals surface area contributed by atoms with Crippen molar-refractivity contribution < 1.29 is 9.53 Å². The Balaban J connectivity index is 1.41. The molecule has 2 heterocycles. The van der Waals surface area contributed by atoms with E-state index in [1.54, 1.807) is 11.2 Å². The average molecular weight is 456 g/mol. The lowest BCUT2D eigenvalue weighted by Gasteiger charge is -2.22. The zero-order valence-corrected chi connectivity index (χ0v) is 18.9. The number of rotatable bonds is 5. The molecule has 1 aliphatic heterocycles. The molecule has 4 aromatic rings. The first kappa shape index (κ1) is 21.2. The van der Waals surface area contributed by atoms with Gasteiger partial charge in [0.25, 0.3) is 5.91 Å². The quantitative estimate of drug-likeness (QED) is 0.373. The van der Waals surface area contributed by atoms with Gasteiger partial charge >= 0.3 is 0 Å². The number of carbonyl (C=O) groups excluding carboxylic acids is 1. The van der Waals surface area contributed by atoms with E-state index in [0.29, 0.717) is 17.2 Å². The van der Waals surface area contributed by atoms with E-state index in [2.05, 4.69) is 29.2 Å². The molecule has 1 aliphatic rings. The van der Waals surface area contributed by atoms with Gasteiger partial charge in [-0.1, -0.05) is 71.8 Å². The zero-order valence-electron chi connectivity index (χ0n) is 18.1. The zero-order chi connectivity index (χ0) is 22.8. The summed E-state index contributed by atoms with van der Waals surface area (Å²) in [6.07, 6.45) is 2.33. The van der Waals surface area contributed by atoms with Gasteiger partial charge in [-0.2, -0.15) is 5.10 Å². The number of hydrazone groups is 1. The number of ether oxygens (including phenoxy) is 1. The summed E-state index contributed by atoms with van der Waals surface area (Å²) >= 11 is 6.05. The lowest BCUT2D eigenvalue weighted by molar-refractivity contribution is -0.135. The fourth-order valence-corrected chi connectivity index (χ4v) is 4.13. The molecule has 1 aromatic heterocycles. The number of fused-ring (bicyclic) bond motifs is 1. The van der Waals surface area contributed by atoms with Crippen LogP contribution in [0.15, 0.2) is 90.2 Å². The molecule has 0 N–H and O–H groups in total. The highest BCUT2D eigenvalue weighted by atomic mass is 35.5. The Labute approximate surface area is 197 Å². The summed E-state index contributed by atoms with van der Waals surface area (Å²) < 4.78 is 5.91. The van der Waals surface area contributed by atoms with Gasteiger partial charge in [0, 0.05) is 23.0 Å². The third kappa shape index (κ3) is 4.45. The van der Waals surface area contributed by atoms with E-state index in [0.717, 1.165) is 27.7 Å². The maximum Gasteiger partial charge on any atom is 0.281 e. The Morgan fingerprint density at radius 3 is 2.58 bits per heavy atom. The third-order valence-corrected chi connectivity index (χ3v) is 6.00. The van der Waals surface area contributed by atoms with Crippen molar-refractivity contribution >= 4 is 34.1 Å².